The van der Waals surface area contributed by atoms with Crippen LogP contribution in [0, 0.1) is 13.8 Å². The van der Waals surface area contributed by atoms with Crippen LogP contribution < -0.4 is 5.43 Å². The number of rotatable bonds is 6. The minimum absolute atomic E-state index is 0.269. The number of para-hydroxylation sites is 2. The number of hydrogen-bond acceptors (Lipinski definition) is 4. The Hall–Kier alpha value is -4.78. The Balaban J connectivity index is 1.42. The van der Waals surface area contributed by atoms with Gasteiger partial charge in [0.1, 0.15) is 5.69 Å². The van der Waals surface area contributed by atoms with E-state index in [-0.39, 0.29) is 5.91 Å². The van der Waals surface area contributed by atoms with Gasteiger partial charge in [-0.15, -0.1) is 0 Å². The van der Waals surface area contributed by atoms with Crippen molar-refractivity contribution in [1.82, 2.24) is 24.8 Å². The Kier molecular flexibility index (Phi) is 6.05. The van der Waals surface area contributed by atoms with Crippen LogP contribution in [0.2, 0.25) is 0 Å². The first-order valence-electron chi connectivity index (χ1n) is 11.2. The van der Waals surface area contributed by atoms with E-state index in [4.69, 9.17) is 5.10 Å². The fourth-order valence-corrected chi connectivity index (χ4v) is 4.11. The monoisotopic (exact) mass is 460 g/mol. The van der Waals surface area contributed by atoms with Crippen LogP contribution in [0.1, 0.15) is 27.3 Å². The molecule has 7 heteroatoms. The second-order valence-electron chi connectivity index (χ2n) is 8.11. The molecule has 7 nitrogen and oxygen atoms in total. The number of benzene rings is 2. The minimum Gasteiger partial charge on any atom is -0.318 e. The van der Waals surface area contributed by atoms with E-state index in [0.29, 0.717) is 5.56 Å². The number of carbonyl (C=O) groups excluding carboxylic acids is 1. The van der Waals surface area contributed by atoms with Crippen molar-refractivity contribution in [2.45, 2.75) is 13.8 Å². The topological polar surface area (TPSA) is 77.1 Å². The van der Waals surface area contributed by atoms with Crippen molar-refractivity contribution in [3.63, 3.8) is 0 Å². The van der Waals surface area contributed by atoms with E-state index in [1.54, 1.807) is 23.3 Å². The van der Waals surface area contributed by atoms with E-state index in [1.807, 2.05) is 98.9 Å². The van der Waals surface area contributed by atoms with Gasteiger partial charge >= 0.3 is 0 Å². The lowest BCUT2D eigenvalue weighted by Gasteiger charge is -2.09. The van der Waals surface area contributed by atoms with Gasteiger partial charge in [0.15, 0.2) is 0 Å². The van der Waals surface area contributed by atoms with Crippen molar-refractivity contribution in [3.05, 3.63) is 120 Å². The third-order valence-corrected chi connectivity index (χ3v) is 5.76. The molecule has 3 heterocycles. The molecular weight excluding hydrogens is 436 g/mol. The molecule has 0 aliphatic carbocycles. The summed E-state index contributed by atoms with van der Waals surface area (Å²) in [5.41, 5.74) is 9.37. The number of nitrogens with zero attached hydrogens (tertiary/aromatic N) is 5. The summed E-state index contributed by atoms with van der Waals surface area (Å²) in [5, 5.41) is 8.99. The molecule has 172 valence electrons. The van der Waals surface area contributed by atoms with Crippen LogP contribution in [0.3, 0.4) is 0 Å². The first-order valence-corrected chi connectivity index (χ1v) is 11.2. The molecule has 0 fully saturated rings. The Bertz CT molecular complexity index is 1490. The quantitative estimate of drug-likeness (QED) is 0.283. The Morgan fingerprint density at radius 2 is 1.66 bits per heavy atom. The van der Waals surface area contributed by atoms with Crippen molar-refractivity contribution in [3.8, 4) is 22.6 Å². The summed E-state index contributed by atoms with van der Waals surface area (Å²) in [6.07, 6.45) is 6.97. The standard InChI is InChI=1S/C28H24N6O/c1-20-16-26(21(2)34(20)25-13-7-4-8-14-25)28(35)31-30-18-23-19-33(24-11-5-3-6-12-24)32-27(23)22-10-9-15-29-17-22/h3-19H,1-2H3,(H,31,35)/b30-18+. The first-order chi connectivity index (χ1) is 17.1. The van der Waals surface area contributed by atoms with Gasteiger partial charge in [-0.2, -0.15) is 10.2 Å². The Morgan fingerprint density at radius 1 is 0.943 bits per heavy atom. The summed E-state index contributed by atoms with van der Waals surface area (Å²) in [4.78, 5) is 17.2. The lowest BCUT2D eigenvalue weighted by Crippen LogP contribution is -2.18. The largest absolute Gasteiger partial charge is 0.318 e. The van der Waals surface area contributed by atoms with Gasteiger partial charge in [0.05, 0.1) is 17.5 Å². The Labute approximate surface area is 203 Å². The molecule has 35 heavy (non-hydrogen) atoms. The molecule has 0 radical (unpaired) electrons. The summed E-state index contributed by atoms with van der Waals surface area (Å²) in [7, 11) is 0. The number of hydrazone groups is 1. The number of hydrogen-bond donors (Lipinski definition) is 1. The molecule has 0 atom stereocenters. The van der Waals surface area contributed by atoms with Crippen molar-refractivity contribution >= 4 is 12.1 Å². The molecule has 0 aliphatic heterocycles. The third-order valence-electron chi connectivity index (χ3n) is 5.76. The molecule has 1 N–H and O–H groups in total. The predicted octanol–water partition coefficient (Wildman–Crippen LogP) is 5.11. The zero-order chi connectivity index (χ0) is 24.2. The highest BCUT2D eigenvalue weighted by molar-refractivity contribution is 5.97. The van der Waals surface area contributed by atoms with Crippen molar-refractivity contribution in [1.29, 1.82) is 0 Å². The van der Waals surface area contributed by atoms with Crippen LogP contribution >= 0.6 is 0 Å². The normalized spacial score (nSPS) is 11.1. The van der Waals surface area contributed by atoms with Gasteiger partial charge in [-0.3, -0.25) is 9.78 Å². The summed E-state index contributed by atoms with van der Waals surface area (Å²) < 4.78 is 3.85. The SMILES string of the molecule is Cc1cc(C(=O)N/N=C/c2cn(-c3ccccc3)nc2-c2cccnc2)c(C)n1-c1ccccc1. The van der Waals surface area contributed by atoms with E-state index >= 15 is 0 Å². The number of aromatic nitrogens is 4. The number of amides is 1. The van der Waals surface area contributed by atoms with E-state index in [0.717, 1.165) is 39.6 Å². The van der Waals surface area contributed by atoms with Crippen LogP contribution in [0.15, 0.2) is 103 Å². The van der Waals surface area contributed by atoms with Gasteiger partial charge in [0.25, 0.3) is 5.91 Å². The van der Waals surface area contributed by atoms with E-state index in [1.165, 1.54) is 0 Å². The van der Waals surface area contributed by atoms with Crippen molar-refractivity contribution in [2.75, 3.05) is 0 Å². The highest BCUT2D eigenvalue weighted by Gasteiger charge is 2.16. The molecule has 0 aliphatic rings. The van der Waals surface area contributed by atoms with Crippen molar-refractivity contribution < 1.29 is 4.79 Å². The predicted molar refractivity (Wildman–Crippen MR) is 137 cm³/mol. The van der Waals surface area contributed by atoms with Gasteiger partial charge in [0, 0.05) is 46.8 Å². The second kappa shape index (κ2) is 9.61. The molecule has 1 amide bonds. The van der Waals surface area contributed by atoms with Gasteiger partial charge < -0.3 is 4.57 Å². The molecule has 0 unspecified atom stereocenters. The smallest absolute Gasteiger partial charge is 0.273 e. The Morgan fingerprint density at radius 3 is 2.34 bits per heavy atom. The fraction of sp³-hybridized carbons (Fsp3) is 0.0714. The average Bonchev–Trinajstić information content (AvgIpc) is 3.46. The molecular formula is C28H24N6O. The third kappa shape index (κ3) is 4.52. The highest BCUT2D eigenvalue weighted by Crippen LogP contribution is 2.22. The molecule has 0 saturated carbocycles. The summed E-state index contributed by atoms with van der Waals surface area (Å²) in [5.74, 6) is -0.269. The molecule has 2 aromatic carbocycles. The van der Waals surface area contributed by atoms with E-state index in [2.05, 4.69) is 20.1 Å². The van der Waals surface area contributed by atoms with Crippen LogP contribution in [0.4, 0.5) is 0 Å². The van der Waals surface area contributed by atoms with Gasteiger partial charge in [-0.1, -0.05) is 36.4 Å². The molecule has 0 spiro atoms. The zero-order valence-corrected chi connectivity index (χ0v) is 19.5. The maximum absolute atomic E-state index is 13.0. The molecule has 0 saturated heterocycles. The van der Waals surface area contributed by atoms with Crippen molar-refractivity contribution in [2.24, 2.45) is 5.10 Å². The minimum atomic E-state index is -0.269. The number of aryl methyl sites for hydroxylation is 1. The molecule has 5 aromatic rings. The number of pyridine rings is 1. The molecule has 0 bridgehead atoms. The van der Waals surface area contributed by atoms with E-state index < -0.39 is 0 Å². The van der Waals surface area contributed by atoms with Crippen LogP contribution in [-0.2, 0) is 0 Å². The van der Waals surface area contributed by atoms with Gasteiger partial charge in [-0.25, -0.2) is 10.1 Å². The van der Waals surface area contributed by atoms with Crippen LogP contribution in [0.25, 0.3) is 22.6 Å². The lowest BCUT2D eigenvalue weighted by molar-refractivity contribution is 0.0954. The summed E-state index contributed by atoms with van der Waals surface area (Å²) >= 11 is 0. The average molecular weight is 461 g/mol. The number of nitrogens with one attached hydrogen (secondary N) is 1. The highest BCUT2D eigenvalue weighted by atomic mass is 16.2. The fourth-order valence-electron chi connectivity index (χ4n) is 4.11. The maximum atomic E-state index is 13.0. The van der Waals surface area contributed by atoms with Gasteiger partial charge in [-0.05, 0) is 56.3 Å². The summed E-state index contributed by atoms with van der Waals surface area (Å²) in [6, 6.07) is 25.5. The summed E-state index contributed by atoms with van der Waals surface area (Å²) in [6.45, 7) is 3.92. The number of carbonyl (C=O) groups is 1. The molecule has 3 aromatic heterocycles. The lowest BCUT2D eigenvalue weighted by atomic mass is 10.1. The molecule has 5 rings (SSSR count). The van der Waals surface area contributed by atoms with E-state index in [9.17, 15) is 4.79 Å². The maximum Gasteiger partial charge on any atom is 0.273 e. The second-order valence-corrected chi connectivity index (χ2v) is 8.11. The zero-order valence-electron chi connectivity index (χ0n) is 19.5. The van der Waals surface area contributed by atoms with Gasteiger partial charge in [0.2, 0.25) is 0 Å². The first kappa shape index (κ1) is 22.0. The van der Waals surface area contributed by atoms with Crippen LogP contribution in [-0.4, -0.2) is 31.5 Å². The van der Waals surface area contributed by atoms with Crippen LogP contribution in [0.5, 0.6) is 0 Å².